The van der Waals surface area contributed by atoms with Crippen LogP contribution in [0.3, 0.4) is 0 Å². The van der Waals surface area contributed by atoms with Gasteiger partial charge in [-0.1, -0.05) is 0 Å². The molecule has 3 aromatic heterocycles. The summed E-state index contributed by atoms with van der Waals surface area (Å²) in [5.74, 6) is 3.43. The molecule has 2 fully saturated rings. The summed E-state index contributed by atoms with van der Waals surface area (Å²) in [4.78, 5) is 2.30. The number of fused-ring (bicyclic) bond motifs is 1. The van der Waals surface area contributed by atoms with E-state index in [0.29, 0.717) is 17.7 Å². The van der Waals surface area contributed by atoms with Gasteiger partial charge in [-0.3, -0.25) is 0 Å². The van der Waals surface area contributed by atoms with E-state index in [0.717, 1.165) is 48.9 Å². The molecular weight excluding hydrogens is 330 g/mol. The Morgan fingerprint density at radius 2 is 1.73 bits per heavy atom. The van der Waals surface area contributed by atoms with Gasteiger partial charge in [0.2, 0.25) is 5.88 Å². The molecule has 8 nitrogen and oxygen atoms in total. The third-order valence-electron chi connectivity index (χ3n) is 5.32. The summed E-state index contributed by atoms with van der Waals surface area (Å²) in [6.45, 7) is 1.86. The first-order chi connectivity index (χ1) is 12.8. The largest absolute Gasteiger partial charge is 0.480 e. The molecule has 26 heavy (non-hydrogen) atoms. The van der Waals surface area contributed by atoms with Crippen LogP contribution in [0.5, 0.6) is 5.88 Å². The van der Waals surface area contributed by atoms with Crippen LogP contribution in [0.15, 0.2) is 24.3 Å². The second kappa shape index (κ2) is 6.19. The number of aromatic nitrogens is 6. The lowest BCUT2D eigenvalue weighted by molar-refractivity contribution is 0.386. The molecule has 5 rings (SSSR count). The number of ether oxygens (including phenoxy) is 1. The zero-order chi connectivity index (χ0) is 17.5. The number of hydrogen-bond acceptors (Lipinski definition) is 7. The zero-order valence-electron chi connectivity index (χ0n) is 14.7. The average molecular weight is 351 g/mol. The molecule has 1 aliphatic heterocycles. The van der Waals surface area contributed by atoms with Crippen LogP contribution < -0.4 is 9.64 Å². The van der Waals surface area contributed by atoms with Crippen molar-refractivity contribution in [2.24, 2.45) is 0 Å². The fourth-order valence-electron chi connectivity index (χ4n) is 3.62. The van der Waals surface area contributed by atoms with Gasteiger partial charge in [0.15, 0.2) is 17.3 Å². The van der Waals surface area contributed by atoms with Crippen LogP contribution in [-0.2, 0) is 0 Å². The topological polar surface area (TPSA) is 81.3 Å². The molecule has 3 aromatic rings. The number of anilines is 1. The second-order valence-corrected chi connectivity index (χ2v) is 7.06. The maximum Gasteiger partial charge on any atom is 0.231 e. The van der Waals surface area contributed by atoms with Crippen LogP contribution in [-0.4, -0.2) is 50.2 Å². The van der Waals surface area contributed by atoms with Crippen molar-refractivity contribution in [3.8, 4) is 5.88 Å². The second-order valence-electron chi connectivity index (χ2n) is 7.06. The van der Waals surface area contributed by atoms with Crippen LogP contribution in [0.4, 0.5) is 5.82 Å². The highest BCUT2D eigenvalue weighted by Crippen LogP contribution is 2.39. The summed E-state index contributed by atoms with van der Waals surface area (Å²) >= 11 is 0. The van der Waals surface area contributed by atoms with Crippen molar-refractivity contribution in [3.63, 3.8) is 0 Å². The lowest BCUT2D eigenvalue weighted by Gasteiger charge is -2.31. The van der Waals surface area contributed by atoms with Crippen LogP contribution in [0, 0.1) is 0 Å². The molecule has 1 saturated heterocycles. The lowest BCUT2D eigenvalue weighted by Crippen LogP contribution is -2.34. The predicted molar refractivity (Wildman–Crippen MR) is 95.5 cm³/mol. The standard InChI is InChI=1S/C18H21N7O/c1-26-17-7-6-16-21-22-18(25(16)23-17)13-8-10-24(11-9-13)15-5-4-14(19-20-15)12-2-3-12/h4-7,12-13H,2-3,8-11H2,1H3. The van der Waals surface area contributed by atoms with Gasteiger partial charge >= 0.3 is 0 Å². The Labute approximate surface area is 151 Å². The highest BCUT2D eigenvalue weighted by atomic mass is 16.5. The Morgan fingerprint density at radius 1 is 0.885 bits per heavy atom. The van der Waals surface area contributed by atoms with Crippen molar-refractivity contribution in [2.45, 2.75) is 37.5 Å². The van der Waals surface area contributed by atoms with Gasteiger partial charge in [-0.15, -0.1) is 20.4 Å². The Kier molecular flexibility index (Phi) is 3.69. The third-order valence-corrected chi connectivity index (χ3v) is 5.32. The van der Waals surface area contributed by atoms with E-state index in [1.54, 1.807) is 13.2 Å². The maximum atomic E-state index is 5.23. The van der Waals surface area contributed by atoms with Gasteiger partial charge in [-0.2, -0.15) is 9.61 Å². The summed E-state index contributed by atoms with van der Waals surface area (Å²) in [5, 5.41) is 21.9. The van der Waals surface area contributed by atoms with E-state index in [4.69, 9.17) is 4.74 Å². The lowest BCUT2D eigenvalue weighted by atomic mass is 9.96. The molecule has 4 heterocycles. The van der Waals surface area contributed by atoms with Gasteiger partial charge in [-0.25, -0.2) is 0 Å². The van der Waals surface area contributed by atoms with E-state index in [9.17, 15) is 0 Å². The normalized spacial score (nSPS) is 18.4. The molecule has 0 N–H and O–H groups in total. The minimum absolute atomic E-state index is 0.333. The monoisotopic (exact) mass is 351 g/mol. The smallest absolute Gasteiger partial charge is 0.231 e. The fourth-order valence-corrected chi connectivity index (χ4v) is 3.62. The number of rotatable bonds is 4. The Balaban J connectivity index is 1.30. The molecule has 8 heteroatoms. The first-order valence-corrected chi connectivity index (χ1v) is 9.17. The number of hydrogen-bond donors (Lipinski definition) is 0. The first-order valence-electron chi connectivity index (χ1n) is 9.17. The third kappa shape index (κ3) is 2.75. The molecule has 2 aliphatic rings. The van der Waals surface area contributed by atoms with E-state index >= 15 is 0 Å². The SMILES string of the molecule is COc1ccc2nnc(C3CCN(c4ccc(C5CC5)nn4)CC3)n2n1. The van der Waals surface area contributed by atoms with E-state index in [1.165, 1.54) is 12.8 Å². The van der Waals surface area contributed by atoms with Crippen molar-refractivity contribution in [3.05, 3.63) is 35.8 Å². The highest BCUT2D eigenvalue weighted by Gasteiger charge is 2.28. The molecule has 1 aliphatic carbocycles. The summed E-state index contributed by atoms with van der Waals surface area (Å²) < 4.78 is 7.04. The van der Waals surface area contributed by atoms with Crippen molar-refractivity contribution < 1.29 is 4.74 Å². The van der Waals surface area contributed by atoms with Crippen LogP contribution in [0.25, 0.3) is 5.65 Å². The van der Waals surface area contributed by atoms with Gasteiger partial charge in [0, 0.05) is 31.0 Å². The van der Waals surface area contributed by atoms with Crippen LogP contribution in [0.1, 0.15) is 49.0 Å². The molecule has 0 spiro atoms. The molecule has 0 bridgehead atoms. The van der Waals surface area contributed by atoms with Crippen molar-refractivity contribution in [1.29, 1.82) is 0 Å². The summed E-state index contributed by atoms with van der Waals surface area (Å²) in [5.41, 5.74) is 1.89. The van der Waals surface area contributed by atoms with E-state index in [2.05, 4.69) is 42.5 Å². The van der Waals surface area contributed by atoms with Gasteiger partial charge < -0.3 is 9.64 Å². The predicted octanol–water partition coefficient (Wildman–Crippen LogP) is 2.18. The fraction of sp³-hybridized carbons (Fsp3) is 0.500. The van der Waals surface area contributed by atoms with Crippen molar-refractivity contribution in [1.82, 2.24) is 30.0 Å². The maximum absolute atomic E-state index is 5.23. The van der Waals surface area contributed by atoms with Gasteiger partial charge in [0.1, 0.15) is 0 Å². The minimum atomic E-state index is 0.333. The van der Waals surface area contributed by atoms with Crippen molar-refractivity contribution >= 4 is 11.5 Å². The van der Waals surface area contributed by atoms with Crippen LogP contribution in [0.2, 0.25) is 0 Å². The van der Waals surface area contributed by atoms with E-state index in [-0.39, 0.29) is 0 Å². The average Bonchev–Trinajstić information content (AvgIpc) is 3.47. The van der Waals surface area contributed by atoms with Gasteiger partial charge in [0.05, 0.1) is 12.8 Å². The summed E-state index contributed by atoms with van der Waals surface area (Å²) in [7, 11) is 1.62. The van der Waals surface area contributed by atoms with E-state index in [1.807, 2.05) is 10.6 Å². The molecule has 0 radical (unpaired) electrons. The molecule has 0 amide bonds. The Morgan fingerprint density at radius 3 is 2.42 bits per heavy atom. The Hall–Kier alpha value is -2.77. The van der Waals surface area contributed by atoms with Crippen molar-refractivity contribution in [2.75, 3.05) is 25.1 Å². The number of methoxy groups -OCH3 is 1. The first kappa shape index (κ1) is 15.5. The molecule has 1 saturated carbocycles. The molecule has 0 atom stereocenters. The Bertz CT molecular complexity index is 911. The molecule has 0 aromatic carbocycles. The summed E-state index contributed by atoms with van der Waals surface area (Å²) in [6, 6.07) is 7.93. The number of nitrogens with zero attached hydrogens (tertiary/aromatic N) is 7. The van der Waals surface area contributed by atoms with E-state index < -0.39 is 0 Å². The molecule has 0 unspecified atom stereocenters. The number of piperidine rings is 1. The minimum Gasteiger partial charge on any atom is -0.480 e. The zero-order valence-corrected chi connectivity index (χ0v) is 14.7. The van der Waals surface area contributed by atoms with Gasteiger partial charge in [-0.05, 0) is 43.9 Å². The quantitative estimate of drug-likeness (QED) is 0.712. The van der Waals surface area contributed by atoms with Gasteiger partial charge in [0.25, 0.3) is 0 Å². The molecule has 134 valence electrons. The molecular formula is C18H21N7O. The highest BCUT2D eigenvalue weighted by molar-refractivity contribution is 5.40. The van der Waals surface area contributed by atoms with Crippen LogP contribution >= 0.6 is 0 Å². The summed E-state index contributed by atoms with van der Waals surface area (Å²) in [6.07, 6.45) is 4.49.